The Morgan fingerprint density at radius 1 is 1.13 bits per heavy atom. The quantitative estimate of drug-likeness (QED) is 0.725. The van der Waals surface area contributed by atoms with Crippen molar-refractivity contribution in [1.29, 1.82) is 0 Å². The lowest BCUT2D eigenvalue weighted by molar-refractivity contribution is 0.0952. The molecule has 0 spiro atoms. The first-order valence-corrected chi connectivity index (χ1v) is 8.43. The molecule has 0 saturated heterocycles. The maximum atomic E-state index is 12.5. The number of carbonyl (C=O) groups is 1. The monoisotopic (exact) mass is 324 g/mol. The first-order chi connectivity index (χ1) is 11.2. The molecule has 1 heterocycles. The van der Waals surface area contributed by atoms with Gasteiger partial charge in [0.25, 0.3) is 11.5 Å². The summed E-state index contributed by atoms with van der Waals surface area (Å²) in [4.78, 5) is 28.1. The lowest BCUT2D eigenvalue weighted by atomic mass is 10.1. The molecule has 0 aliphatic carbocycles. The van der Waals surface area contributed by atoms with E-state index in [1.807, 2.05) is 30.5 Å². The number of carbonyl (C=O) groups excluding carboxylic acids is 1. The molecule has 116 valence electrons. The van der Waals surface area contributed by atoms with Crippen molar-refractivity contribution in [2.75, 3.05) is 6.26 Å². The van der Waals surface area contributed by atoms with Gasteiger partial charge in [-0.05, 0) is 30.0 Å². The van der Waals surface area contributed by atoms with Crippen LogP contribution in [0, 0.1) is 0 Å². The summed E-state index contributed by atoms with van der Waals surface area (Å²) in [5.74, 6) is -0.202. The van der Waals surface area contributed by atoms with Crippen LogP contribution in [-0.4, -0.2) is 17.1 Å². The molecule has 0 aliphatic heterocycles. The zero-order valence-electron chi connectivity index (χ0n) is 12.6. The number of thioether (sulfide) groups is 1. The Labute approximate surface area is 137 Å². The Balaban J connectivity index is 1.84. The van der Waals surface area contributed by atoms with E-state index in [9.17, 15) is 9.59 Å². The van der Waals surface area contributed by atoms with Crippen LogP contribution in [0.1, 0.15) is 15.9 Å². The van der Waals surface area contributed by atoms with Crippen molar-refractivity contribution >= 4 is 28.4 Å². The highest BCUT2D eigenvalue weighted by molar-refractivity contribution is 7.98. The van der Waals surface area contributed by atoms with E-state index in [1.54, 1.807) is 30.0 Å². The molecule has 0 radical (unpaired) electrons. The maximum Gasteiger partial charge on any atom is 0.255 e. The van der Waals surface area contributed by atoms with Gasteiger partial charge < -0.3 is 10.3 Å². The summed E-state index contributed by atoms with van der Waals surface area (Å²) < 4.78 is 0. The molecule has 0 fully saturated rings. The van der Waals surface area contributed by atoms with Crippen LogP contribution >= 0.6 is 11.8 Å². The Bertz CT molecular complexity index is 918. The van der Waals surface area contributed by atoms with Gasteiger partial charge >= 0.3 is 0 Å². The molecule has 2 N–H and O–H groups in total. The summed E-state index contributed by atoms with van der Waals surface area (Å²) >= 11 is 1.66. The van der Waals surface area contributed by atoms with Crippen LogP contribution in [0.4, 0.5) is 0 Å². The van der Waals surface area contributed by atoms with Gasteiger partial charge in [-0.25, -0.2) is 0 Å². The van der Waals surface area contributed by atoms with E-state index in [1.165, 1.54) is 6.20 Å². The van der Waals surface area contributed by atoms with Gasteiger partial charge in [-0.3, -0.25) is 9.59 Å². The Kier molecular flexibility index (Phi) is 4.48. The van der Waals surface area contributed by atoms with Crippen molar-refractivity contribution < 1.29 is 4.79 Å². The summed E-state index contributed by atoms with van der Waals surface area (Å²) in [5.41, 5.74) is 1.32. The highest BCUT2D eigenvalue weighted by Crippen LogP contribution is 2.17. The number of benzene rings is 2. The third kappa shape index (κ3) is 3.29. The van der Waals surface area contributed by atoms with Gasteiger partial charge in [0.15, 0.2) is 0 Å². The molecule has 1 aromatic heterocycles. The van der Waals surface area contributed by atoms with Gasteiger partial charge in [-0.1, -0.05) is 30.3 Å². The Morgan fingerprint density at radius 2 is 1.91 bits per heavy atom. The molecule has 0 bridgehead atoms. The minimum atomic E-state index is -0.202. The number of rotatable bonds is 4. The van der Waals surface area contributed by atoms with Crippen molar-refractivity contribution in [1.82, 2.24) is 10.3 Å². The van der Waals surface area contributed by atoms with Crippen LogP contribution in [0.2, 0.25) is 0 Å². The smallest absolute Gasteiger partial charge is 0.255 e. The van der Waals surface area contributed by atoms with Gasteiger partial charge in [0.05, 0.1) is 5.56 Å². The Morgan fingerprint density at radius 3 is 2.70 bits per heavy atom. The molecule has 5 heteroatoms. The van der Waals surface area contributed by atoms with E-state index in [-0.39, 0.29) is 11.5 Å². The topological polar surface area (TPSA) is 62.0 Å². The van der Waals surface area contributed by atoms with Gasteiger partial charge in [0.2, 0.25) is 0 Å². The van der Waals surface area contributed by atoms with Gasteiger partial charge in [-0.15, -0.1) is 11.8 Å². The van der Waals surface area contributed by atoms with E-state index >= 15 is 0 Å². The molecule has 2 aromatic carbocycles. The molecule has 0 atom stereocenters. The minimum Gasteiger partial charge on any atom is -0.348 e. The first kappa shape index (κ1) is 15.4. The molecule has 4 nitrogen and oxygen atoms in total. The molecule has 0 aliphatic rings. The zero-order valence-corrected chi connectivity index (χ0v) is 13.4. The SMILES string of the molecule is CSc1cccc(CNC(=O)c2c[nH]c(=O)c3ccccc23)c1. The van der Waals surface area contributed by atoms with E-state index in [0.29, 0.717) is 22.9 Å². The summed E-state index contributed by atoms with van der Waals surface area (Å²) in [6.45, 7) is 0.445. The molecular weight excluding hydrogens is 308 g/mol. The normalized spacial score (nSPS) is 10.7. The second-order valence-corrected chi connectivity index (χ2v) is 5.99. The maximum absolute atomic E-state index is 12.5. The van der Waals surface area contributed by atoms with Gasteiger partial charge in [0.1, 0.15) is 0 Å². The van der Waals surface area contributed by atoms with Crippen molar-refractivity contribution in [3.05, 3.63) is 76.2 Å². The predicted octanol–water partition coefficient (Wildman–Crippen LogP) is 3.18. The average Bonchev–Trinajstić information content (AvgIpc) is 2.60. The molecule has 23 heavy (non-hydrogen) atoms. The highest BCUT2D eigenvalue weighted by Gasteiger charge is 2.11. The third-order valence-electron chi connectivity index (χ3n) is 3.64. The second-order valence-electron chi connectivity index (χ2n) is 5.11. The molecule has 0 saturated carbocycles. The first-order valence-electron chi connectivity index (χ1n) is 7.20. The summed E-state index contributed by atoms with van der Waals surface area (Å²) in [6.07, 6.45) is 3.49. The largest absolute Gasteiger partial charge is 0.348 e. The van der Waals surface area contributed by atoms with Crippen molar-refractivity contribution in [3.63, 3.8) is 0 Å². The van der Waals surface area contributed by atoms with Crippen LogP contribution in [0.25, 0.3) is 10.8 Å². The van der Waals surface area contributed by atoms with Crippen LogP contribution in [0.5, 0.6) is 0 Å². The van der Waals surface area contributed by atoms with E-state index < -0.39 is 0 Å². The van der Waals surface area contributed by atoms with Gasteiger partial charge in [0, 0.05) is 28.4 Å². The van der Waals surface area contributed by atoms with E-state index in [2.05, 4.69) is 16.4 Å². The number of pyridine rings is 1. The fraction of sp³-hybridized carbons (Fsp3) is 0.111. The number of aromatic nitrogens is 1. The van der Waals surface area contributed by atoms with Crippen LogP contribution in [-0.2, 0) is 6.54 Å². The van der Waals surface area contributed by atoms with Crippen LogP contribution in [0.15, 0.2) is 64.4 Å². The summed E-state index contributed by atoms with van der Waals surface area (Å²) in [7, 11) is 0. The van der Waals surface area contributed by atoms with Crippen LogP contribution in [0.3, 0.4) is 0 Å². The average molecular weight is 324 g/mol. The zero-order chi connectivity index (χ0) is 16.2. The number of hydrogen-bond donors (Lipinski definition) is 2. The fourth-order valence-electron chi connectivity index (χ4n) is 2.46. The number of hydrogen-bond acceptors (Lipinski definition) is 3. The lowest BCUT2D eigenvalue weighted by Gasteiger charge is -2.08. The molecular formula is C18H16N2O2S. The molecule has 3 aromatic rings. The van der Waals surface area contributed by atoms with Crippen molar-refractivity contribution in [3.8, 4) is 0 Å². The molecule has 3 rings (SSSR count). The van der Waals surface area contributed by atoms with Crippen LogP contribution < -0.4 is 10.9 Å². The lowest BCUT2D eigenvalue weighted by Crippen LogP contribution is -2.24. The molecule has 1 amide bonds. The summed E-state index contributed by atoms with van der Waals surface area (Å²) in [5, 5.41) is 4.08. The van der Waals surface area contributed by atoms with E-state index in [0.717, 1.165) is 10.5 Å². The second kappa shape index (κ2) is 6.71. The minimum absolute atomic E-state index is 0.190. The third-order valence-corrected chi connectivity index (χ3v) is 4.37. The van der Waals surface area contributed by atoms with Crippen molar-refractivity contribution in [2.24, 2.45) is 0 Å². The standard InChI is InChI=1S/C18H16N2O2S/c1-23-13-6-4-5-12(9-13)10-19-18(22)16-11-20-17(21)15-8-3-2-7-14(15)16/h2-9,11H,10H2,1H3,(H,19,22)(H,20,21). The highest BCUT2D eigenvalue weighted by atomic mass is 32.2. The van der Waals surface area contributed by atoms with E-state index in [4.69, 9.17) is 0 Å². The van der Waals surface area contributed by atoms with Crippen molar-refractivity contribution in [2.45, 2.75) is 11.4 Å². The number of aromatic amines is 1. The number of H-pyrrole nitrogens is 1. The number of amides is 1. The Hall–Kier alpha value is -2.53. The predicted molar refractivity (Wildman–Crippen MR) is 94.0 cm³/mol. The number of nitrogens with one attached hydrogen (secondary N) is 2. The number of fused-ring (bicyclic) bond motifs is 1. The van der Waals surface area contributed by atoms with Gasteiger partial charge in [-0.2, -0.15) is 0 Å². The molecule has 0 unspecified atom stereocenters. The fourth-order valence-corrected chi connectivity index (χ4v) is 2.94. The summed E-state index contributed by atoms with van der Waals surface area (Å²) in [6, 6.07) is 15.1.